The normalized spacial score (nSPS) is 16.4. The topological polar surface area (TPSA) is 64.6 Å². The van der Waals surface area contributed by atoms with E-state index < -0.39 is 12.1 Å². The van der Waals surface area contributed by atoms with Crippen molar-refractivity contribution in [2.24, 2.45) is 0 Å². The van der Waals surface area contributed by atoms with Crippen molar-refractivity contribution in [1.82, 2.24) is 5.32 Å². The van der Waals surface area contributed by atoms with E-state index in [0.717, 1.165) is 5.56 Å². The molecule has 1 unspecified atom stereocenters. The van der Waals surface area contributed by atoms with Crippen LogP contribution in [-0.4, -0.2) is 25.2 Å². The van der Waals surface area contributed by atoms with Crippen LogP contribution >= 0.6 is 0 Å². The van der Waals surface area contributed by atoms with Gasteiger partial charge in [0.15, 0.2) is 0 Å². The molecule has 1 aliphatic rings. The number of rotatable bonds is 4. The minimum absolute atomic E-state index is 0.209. The van der Waals surface area contributed by atoms with Gasteiger partial charge in [-0.05, 0) is 11.6 Å². The first kappa shape index (κ1) is 13.9. The van der Waals surface area contributed by atoms with Crippen molar-refractivity contribution >= 4 is 12.1 Å². The maximum absolute atomic E-state index is 11.6. The van der Waals surface area contributed by atoms with Crippen molar-refractivity contribution in [2.75, 3.05) is 7.11 Å². The third kappa shape index (κ3) is 3.73. The summed E-state index contributed by atoms with van der Waals surface area (Å²) in [6, 6.07) is 9.12. The number of carbonyl (C=O) groups is 2. The van der Waals surface area contributed by atoms with Crippen molar-refractivity contribution in [3.63, 3.8) is 0 Å². The molecule has 1 aromatic rings. The molecule has 1 amide bonds. The number of ether oxygens (including phenoxy) is 2. The molecule has 5 nitrogen and oxygen atoms in total. The molecule has 0 saturated carbocycles. The second-order valence-corrected chi connectivity index (χ2v) is 4.30. The van der Waals surface area contributed by atoms with E-state index in [1.807, 2.05) is 30.3 Å². The van der Waals surface area contributed by atoms with E-state index in [1.165, 1.54) is 7.11 Å². The second kappa shape index (κ2) is 6.59. The summed E-state index contributed by atoms with van der Waals surface area (Å²) in [5.74, 6) is -0.428. The Morgan fingerprint density at radius 1 is 1.35 bits per heavy atom. The van der Waals surface area contributed by atoms with Crippen LogP contribution in [0.15, 0.2) is 47.7 Å². The van der Waals surface area contributed by atoms with Crippen molar-refractivity contribution in [3.8, 4) is 0 Å². The van der Waals surface area contributed by atoms with Crippen LogP contribution in [0.5, 0.6) is 0 Å². The highest BCUT2D eigenvalue weighted by Crippen LogP contribution is 2.13. The number of esters is 1. The Hall–Kier alpha value is -2.52. The highest BCUT2D eigenvalue weighted by atomic mass is 16.5. The molecule has 0 fully saturated rings. The van der Waals surface area contributed by atoms with E-state index >= 15 is 0 Å². The van der Waals surface area contributed by atoms with E-state index in [9.17, 15) is 9.59 Å². The smallest absolute Gasteiger partial charge is 0.407 e. The number of carbonyl (C=O) groups excluding carboxylic acids is 2. The number of nitrogens with one attached hydrogen (secondary N) is 1. The lowest BCUT2D eigenvalue weighted by Crippen LogP contribution is -2.33. The van der Waals surface area contributed by atoms with Crippen molar-refractivity contribution in [2.45, 2.75) is 19.1 Å². The lowest BCUT2D eigenvalue weighted by Gasteiger charge is -2.11. The molecule has 0 bridgehead atoms. The fraction of sp³-hybridized carbons (Fsp3) is 0.267. The van der Waals surface area contributed by atoms with Crippen LogP contribution in [0, 0.1) is 0 Å². The first-order valence-electron chi connectivity index (χ1n) is 6.20. The monoisotopic (exact) mass is 273 g/mol. The average molecular weight is 273 g/mol. The summed E-state index contributed by atoms with van der Waals surface area (Å²) >= 11 is 0. The summed E-state index contributed by atoms with van der Waals surface area (Å²) in [5.41, 5.74) is 4.12. The molecule has 1 N–H and O–H groups in total. The van der Waals surface area contributed by atoms with Crippen LogP contribution in [0.2, 0.25) is 0 Å². The summed E-state index contributed by atoms with van der Waals surface area (Å²) in [6.07, 6.45) is 1.46. The summed E-state index contributed by atoms with van der Waals surface area (Å²) in [6.45, 7) is 0.209. The number of alkyl carbamates (subject to hydrolysis) is 1. The van der Waals surface area contributed by atoms with E-state index in [2.05, 4.69) is 15.8 Å². The average Bonchev–Trinajstić information content (AvgIpc) is 2.94. The second-order valence-electron chi connectivity index (χ2n) is 4.30. The number of methoxy groups -OCH3 is 1. The molecule has 0 radical (unpaired) electrons. The Balaban J connectivity index is 1.75. The predicted octanol–water partition coefficient (Wildman–Crippen LogP) is 1.94. The molecular weight excluding hydrogens is 258 g/mol. The van der Waals surface area contributed by atoms with Gasteiger partial charge in [0, 0.05) is 6.42 Å². The van der Waals surface area contributed by atoms with Gasteiger partial charge in [-0.25, -0.2) is 9.59 Å². The number of hydrogen-bond donors (Lipinski definition) is 1. The fourth-order valence-electron chi connectivity index (χ4n) is 1.81. The minimum atomic E-state index is -0.525. The lowest BCUT2D eigenvalue weighted by atomic mass is 10.2. The standard InChI is InChI=1S/C15H15NO4/c1-19-14(17)12-7-8-13(9-12)16-15(18)20-10-11-5-3-2-4-6-11/h2-6,8,13H,9-10H2,1H3,(H,16,18). The summed E-state index contributed by atoms with van der Waals surface area (Å²) in [7, 11) is 1.31. The third-order valence-corrected chi connectivity index (χ3v) is 2.83. The number of benzene rings is 1. The lowest BCUT2D eigenvalue weighted by molar-refractivity contribution is -0.136. The van der Waals surface area contributed by atoms with Gasteiger partial charge >= 0.3 is 12.1 Å². The first-order valence-corrected chi connectivity index (χ1v) is 6.20. The Kier molecular flexibility index (Phi) is 4.58. The molecule has 20 heavy (non-hydrogen) atoms. The maximum Gasteiger partial charge on any atom is 0.407 e. The van der Waals surface area contributed by atoms with Crippen LogP contribution in [0.25, 0.3) is 0 Å². The molecule has 1 aromatic carbocycles. The van der Waals surface area contributed by atoms with Gasteiger partial charge in [0.25, 0.3) is 0 Å². The van der Waals surface area contributed by atoms with Crippen molar-refractivity contribution < 1.29 is 19.1 Å². The van der Waals surface area contributed by atoms with Crippen LogP contribution in [0.4, 0.5) is 4.79 Å². The predicted molar refractivity (Wildman–Crippen MR) is 71.8 cm³/mol. The molecular formula is C15H15NO4. The van der Waals surface area contributed by atoms with Gasteiger partial charge in [0.05, 0.1) is 18.7 Å². The largest absolute Gasteiger partial charge is 0.465 e. The Labute approximate surface area is 116 Å². The van der Waals surface area contributed by atoms with Crippen LogP contribution < -0.4 is 5.32 Å². The van der Waals surface area contributed by atoms with Gasteiger partial charge in [-0.1, -0.05) is 30.3 Å². The first-order chi connectivity index (χ1) is 9.69. The summed E-state index contributed by atoms with van der Waals surface area (Å²) in [5, 5.41) is 2.65. The molecule has 0 aliphatic heterocycles. The number of hydrogen-bond acceptors (Lipinski definition) is 4. The molecule has 104 valence electrons. The van der Waals surface area contributed by atoms with Gasteiger partial charge in [0.2, 0.25) is 0 Å². The molecule has 1 atom stereocenters. The molecule has 0 aromatic heterocycles. The molecule has 5 heteroatoms. The van der Waals surface area contributed by atoms with Crippen LogP contribution in [0.1, 0.15) is 12.0 Å². The van der Waals surface area contributed by atoms with E-state index in [0.29, 0.717) is 12.0 Å². The zero-order valence-electron chi connectivity index (χ0n) is 11.1. The minimum Gasteiger partial charge on any atom is -0.465 e. The zero-order valence-corrected chi connectivity index (χ0v) is 11.1. The summed E-state index contributed by atoms with van der Waals surface area (Å²) < 4.78 is 9.68. The Morgan fingerprint density at radius 3 is 2.80 bits per heavy atom. The molecule has 0 saturated heterocycles. The zero-order chi connectivity index (χ0) is 14.4. The fourth-order valence-corrected chi connectivity index (χ4v) is 1.81. The van der Waals surface area contributed by atoms with Crippen LogP contribution in [-0.2, 0) is 20.9 Å². The van der Waals surface area contributed by atoms with E-state index in [1.54, 1.807) is 6.08 Å². The van der Waals surface area contributed by atoms with Gasteiger partial charge in [-0.3, -0.25) is 0 Å². The maximum atomic E-state index is 11.6. The highest BCUT2D eigenvalue weighted by Gasteiger charge is 2.21. The van der Waals surface area contributed by atoms with E-state index in [4.69, 9.17) is 4.74 Å². The van der Waals surface area contributed by atoms with Crippen molar-refractivity contribution in [1.29, 1.82) is 0 Å². The Bertz CT molecular complexity index is 558. The molecule has 1 aliphatic carbocycles. The van der Waals surface area contributed by atoms with Gasteiger partial charge in [-0.15, -0.1) is 5.73 Å². The molecule has 0 spiro atoms. The quantitative estimate of drug-likeness (QED) is 0.672. The van der Waals surface area contributed by atoms with Crippen molar-refractivity contribution in [3.05, 3.63) is 53.3 Å². The highest BCUT2D eigenvalue weighted by molar-refractivity contribution is 5.89. The van der Waals surface area contributed by atoms with Gasteiger partial charge < -0.3 is 14.8 Å². The van der Waals surface area contributed by atoms with E-state index in [-0.39, 0.29) is 12.6 Å². The SMILES string of the molecule is COC(=O)C1=C=CC(NC(=O)OCc2ccccc2)C1. The van der Waals surface area contributed by atoms with Gasteiger partial charge in [0.1, 0.15) is 6.61 Å². The molecule has 0 heterocycles. The van der Waals surface area contributed by atoms with Crippen LogP contribution in [0.3, 0.4) is 0 Å². The summed E-state index contributed by atoms with van der Waals surface area (Å²) in [4.78, 5) is 22.9. The van der Waals surface area contributed by atoms with Gasteiger partial charge in [-0.2, -0.15) is 0 Å². The number of amides is 1. The Morgan fingerprint density at radius 2 is 2.10 bits per heavy atom. The third-order valence-electron chi connectivity index (χ3n) is 2.83. The molecule has 2 rings (SSSR count).